The van der Waals surface area contributed by atoms with Crippen LogP contribution < -0.4 is 11.1 Å². The van der Waals surface area contributed by atoms with Gasteiger partial charge in [0.25, 0.3) is 0 Å². The molecule has 0 bridgehead atoms. The van der Waals surface area contributed by atoms with E-state index in [9.17, 15) is 4.79 Å². The van der Waals surface area contributed by atoms with Crippen LogP contribution in [-0.2, 0) is 9.53 Å². The van der Waals surface area contributed by atoms with Crippen molar-refractivity contribution in [1.29, 1.82) is 0 Å². The lowest BCUT2D eigenvalue weighted by Gasteiger charge is -2.26. The molecule has 0 saturated carbocycles. The molecule has 1 aliphatic rings. The van der Waals surface area contributed by atoms with Crippen LogP contribution >= 0.6 is 0 Å². The molecule has 0 spiro atoms. The summed E-state index contributed by atoms with van der Waals surface area (Å²) >= 11 is 0. The Labute approximate surface area is 85.2 Å². The first-order chi connectivity index (χ1) is 6.41. The molecule has 1 rings (SSSR count). The van der Waals surface area contributed by atoms with Gasteiger partial charge in [0, 0.05) is 6.61 Å². The van der Waals surface area contributed by atoms with E-state index in [-0.39, 0.29) is 17.4 Å². The Morgan fingerprint density at radius 1 is 1.57 bits per heavy atom. The molecule has 3 N–H and O–H groups in total. The van der Waals surface area contributed by atoms with Crippen LogP contribution in [-0.4, -0.2) is 31.2 Å². The van der Waals surface area contributed by atoms with Gasteiger partial charge in [0.05, 0.1) is 18.7 Å². The highest BCUT2D eigenvalue weighted by Gasteiger charge is 2.29. The average molecular weight is 200 g/mol. The van der Waals surface area contributed by atoms with Crippen LogP contribution in [0.5, 0.6) is 0 Å². The van der Waals surface area contributed by atoms with Crippen molar-refractivity contribution < 1.29 is 9.53 Å². The van der Waals surface area contributed by atoms with E-state index in [1.165, 1.54) is 0 Å². The number of amides is 1. The van der Waals surface area contributed by atoms with Crippen molar-refractivity contribution in [3.63, 3.8) is 0 Å². The number of hydrogen-bond acceptors (Lipinski definition) is 3. The molecule has 1 saturated heterocycles. The first-order valence-corrected chi connectivity index (χ1v) is 5.05. The summed E-state index contributed by atoms with van der Waals surface area (Å²) in [6, 6.07) is -0.306. The Morgan fingerprint density at radius 3 is 2.64 bits per heavy atom. The Hall–Kier alpha value is -0.610. The van der Waals surface area contributed by atoms with Crippen LogP contribution in [0.1, 0.15) is 27.2 Å². The van der Waals surface area contributed by atoms with E-state index in [0.717, 1.165) is 13.0 Å². The van der Waals surface area contributed by atoms with Crippen LogP contribution in [0.15, 0.2) is 0 Å². The van der Waals surface area contributed by atoms with Gasteiger partial charge >= 0.3 is 0 Å². The molecule has 82 valence electrons. The Bertz CT molecular complexity index is 205. The largest absolute Gasteiger partial charge is 0.379 e. The highest BCUT2D eigenvalue weighted by atomic mass is 16.5. The smallest absolute Gasteiger partial charge is 0.237 e. The van der Waals surface area contributed by atoms with E-state index < -0.39 is 6.04 Å². The summed E-state index contributed by atoms with van der Waals surface area (Å²) in [6.45, 7) is 7.23. The third-order valence-corrected chi connectivity index (χ3v) is 2.49. The third kappa shape index (κ3) is 2.96. The van der Waals surface area contributed by atoms with Gasteiger partial charge in [-0.15, -0.1) is 0 Å². The quantitative estimate of drug-likeness (QED) is 0.672. The highest BCUT2D eigenvalue weighted by Crippen LogP contribution is 2.17. The number of rotatable bonds is 2. The van der Waals surface area contributed by atoms with Crippen molar-refractivity contribution >= 4 is 5.91 Å². The Balaban J connectivity index is 2.41. The number of carbonyl (C=O) groups is 1. The lowest BCUT2D eigenvalue weighted by molar-refractivity contribution is -0.125. The third-order valence-electron chi connectivity index (χ3n) is 2.49. The molecule has 1 unspecified atom stereocenters. The van der Waals surface area contributed by atoms with Crippen molar-refractivity contribution in [2.75, 3.05) is 13.2 Å². The van der Waals surface area contributed by atoms with Crippen LogP contribution in [0.4, 0.5) is 0 Å². The number of ether oxygens (including phenoxy) is 1. The van der Waals surface area contributed by atoms with E-state index in [1.54, 1.807) is 0 Å². The van der Waals surface area contributed by atoms with E-state index in [2.05, 4.69) is 5.32 Å². The second kappa shape index (κ2) is 4.28. The zero-order valence-corrected chi connectivity index (χ0v) is 9.17. The van der Waals surface area contributed by atoms with Gasteiger partial charge in [-0.2, -0.15) is 0 Å². The zero-order valence-electron chi connectivity index (χ0n) is 9.17. The molecule has 1 amide bonds. The van der Waals surface area contributed by atoms with E-state index in [1.807, 2.05) is 20.8 Å². The SMILES string of the molecule is CC(C)(C)[C@H](N)C(=O)NC1CCOC1. The number of hydrogen-bond donors (Lipinski definition) is 2. The van der Waals surface area contributed by atoms with Crippen molar-refractivity contribution in [2.45, 2.75) is 39.3 Å². The molecule has 4 nitrogen and oxygen atoms in total. The van der Waals surface area contributed by atoms with E-state index in [0.29, 0.717) is 6.61 Å². The molecule has 0 radical (unpaired) electrons. The van der Waals surface area contributed by atoms with Crippen molar-refractivity contribution in [1.82, 2.24) is 5.32 Å². The van der Waals surface area contributed by atoms with E-state index in [4.69, 9.17) is 10.5 Å². The van der Waals surface area contributed by atoms with Crippen molar-refractivity contribution in [3.05, 3.63) is 0 Å². The number of nitrogens with two attached hydrogens (primary N) is 1. The molecule has 0 aromatic carbocycles. The monoisotopic (exact) mass is 200 g/mol. The number of carbonyl (C=O) groups excluding carboxylic acids is 1. The standard InChI is InChI=1S/C10H20N2O2/c1-10(2,3)8(11)9(13)12-7-4-5-14-6-7/h7-8H,4-6,11H2,1-3H3,(H,12,13)/t7?,8-/m1/s1. The van der Waals surface area contributed by atoms with Gasteiger partial charge in [0.1, 0.15) is 0 Å². The van der Waals surface area contributed by atoms with Crippen LogP contribution in [0.3, 0.4) is 0 Å². The van der Waals surface area contributed by atoms with Gasteiger partial charge < -0.3 is 15.8 Å². The molecule has 1 heterocycles. The van der Waals surface area contributed by atoms with Gasteiger partial charge in [-0.1, -0.05) is 20.8 Å². The molecular formula is C10H20N2O2. The fraction of sp³-hybridized carbons (Fsp3) is 0.900. The van der Waals surface area contributed by atoms with Gasteiger partial charge in [0.15, 0.2) is 0 Å². The summed E-state index contributed by atoms with van der Waals surface area (Å²) in [5.74, 6) is -0.0759. The van der Waals surface area contributed by atoms with Gasteiger partial charge in [-0.05, 0) is 11.8 Å². The maximum atomic E-state index is 11.7. The van der Waals surface area contributed by atoms with Gasteiger partial charge in [-0.25, -0.2) is 0 Å². The summed E-state index contributed by atoms with van der Waals surface area (Å²) in [4.78, 5) is 11.7. The normalized spacial score (nSPS) is 24.7. The van der Waals surface area contributed by atoms with Crippen LogP contribution in [0.2, 0.25) is 0 Å². The minimum atomic E-state index is -0.455. The molecule has 1 fully saturated rings. The average Bonchev–Trinajstić information content (AvgIpc) is 2.53. The van der Waals surface area contributed by atoms with Crippen molar-refractivity contribution in [2.24, 2.45) is 11.1 Å². The molecule has 0 aromatic rings. The first kappa shape index (κ1) is 11.5. The number of nitrogens with one attached hydrogen (secondary N) is 1. The lowest BCUT2D eigenvalue weighted by atomic mass is 9.87. The maximum Gasteiger partial charge on any atom is 0.237 e. The fourth-order valence-corrected chi connectivity index (χ4v) is 1.33. The lowest BCUT2D eigenvalue weighted by Crippen LogP contribution is -2.51. The molecule has 0 aliphatic carbocycles. The fourth-order valence-electron chi connectivity index (χ4n) is 1.33. The molecule has 0 aromatic heterocycles. The molecular weight excluding hydrogens is 180 g/mol. The summed E-state index contributed by atoms with van der Waals surface area (Å²) < 4.78 is 5.17. The van der Waals surface area contributed by atoms with Gasteiger partial charge in [-0.3, -0.25) is 4.79 Å². The molecule has 2 atom stereocenters. The Morgan fingerprint density at radius 2 is 2.21 bits per heavy atom. The minimum absolute atomic E-state index is 0.0759. The second-order valence-electron chi connectivity index (χ2n) is 4.91. The summed E-state index contributed by atoms with van der Waals surface area (Å²) in [6.07, 6.45) is 0.891. The minimum Gasteiger partial charge on any atom is -0.379 e. The first-order valence-electron chi connectivity index (χ1n) is 5.05. The highest BCUT2D eigenvalue weighted by molar-refractivity contribution is 5.82. The van der Waals surface area contributed by atoms with Crippen LogP contribution in [0, 0.1) is 5.41 Å². The maximum absolute atomic E-state index is 11.7. The topological polar surface area (TPSA) is 64.4 Å². The summed E-state index contributed by atoms with van der Waals surface area (Å²) in [5.41, 5.74) is 5.63. The van der Waals surface area contributed by atoms with Crippen LogP contribution in [0.25, 0.3) is 0 Å². The Kier molecular flexibility index (Phi) is 3.50. The molecule has 1 aliphatic heterocycles. The summed E-state index contributed by atoms with van der Waals surface area (Å²) in [7, 11) is 0. The van der Waals surface area contributed by atoms with Crippen molar-refractivity contribution in [3.8, 4) is 0 Å². The second-order valence-corrected chi connectivity index (χ2v) is 4.91. The van der Waals surface area contributed by atoms with E-state index >= 15 is 0 Å². The predicted octanol–water partition coefficient (Wildman–Crippen LogP) is 0.265. The summed E-state index contributed by atoms with van der Waals surface area (Å²) in [5, 5.41) is 2.90. The van der Waals surface area contributed by atoms with Gasteiger partial charge in [0.2, 0.25) is 5.91 Å². The predicted molar refractivity (Wildman–Crippen MR) is 54.8 cm³/mol. The zero-order chi connectivity index (χ0) is 10.8. The molecule has 4 heteroatoms. The molecule has 14 heavy (non-hydrogen) atoms.